The molecule has 0 saturated heterocycles. The van der Waals surface area contributed by atoms with Crippen LogP contribution in [-0.2, 0) is 0 Å². The monoisotopic (exact) mass is 231 g/mol. The van der Waals surface area contributed by atoms with Crippen LogP contribution < -0.4 is 16.8 Å². The minimum Gasteiger partial charge on any atom is -0.397 e. The molecule has 2 rings (SSSR count). The van der Waals surface area contributed by atoms with Gasteiger partial charge in [-0.1, -0.05) is 6.07 Å². The highest BCUT2D eigenvalue weighted by molar-refractivity contribution is 5.72. The van der Waals surface area contributed by atoms with Crippen molar-refractivity contribution in [3.63, 3.8) is 0 Å². The summed E-state index contributed by atoms with van der Waals surface area (Å²) < 4.78 is 13.5. The SMILES string of the molecule is Cc1ccc(F)c(Nc2ccc(N)c(N)c2)c1. The summed E-state index contributed by atoms with van der Waals surface area (Å²) in [6.45, 7) is 1.90. The molecule has 0 radical (unpaired) electrons. The van der Waals surface area contributed by atoms with Gasteiger partial charge < -0.3 is 16.8 Å². The van der Waals surface area contributed by atoms with Crippen molar-refractivity contribution in [3.05, 3.63) is 47.8 Å². The van der Waals surface area contributed by atoms with Crippen molar-refractivity contribution in [2.45, 2.75) is 6.92 Å². The highest BCUT2D eigenvalue weighted by atomic mass is 19.1. The van der Waals surface area contributed by atoms with Gasteiger partial charge in [0, 0.05) is 5.69 Å². The van der Waals surface area contributed by atoms with E-state index in [-0.39, 0.29) is 5.82 Å². The van der Waals surface area contributed by atoms with Gasteiger partial charge >= 0.3 is 0 Å². The van der Waals surface area contributed by atoms with Gasteiger partial charge in [0.1, 0.15) is 5.82 Å². The number of benzene rings is 2. The Hall–Kier alpha value is -2.23. The molecule has 0 aliphatic carbocycles. The molecule has 2 aromatic rings. The molecule has 0 atom stereocenters. The standard InChI is InChI=1S/C13H14FN3/c1-8-2-4-10(14)13(6-8)17-9-3-5-11(15)12(16)7-9/h2-7,17H,15-16H2,1H3. The molecule has 0 bridgehead atoms. The second kappa shape index (κ2) is 4.33. The van der Waals surface area contributed by atoms with Crippen LogP contribution in [-0.4, -0.2) is 0 Å². The van der Waals surface area contributed by atoms with E-state index in [9.17, 15) is 4.39 Å². The topological polar surface area (TPSA) is 64.1 Å². The largest absolute Gasteiger partial charge is 0.397 e. The first-order valence-corrected chi connectivity index (χ1v) is 5.24. The molecule has 3 nitrogen and oxygen atoms in total. The molecular weight excluding hydrogens is 217 g/mol. The van der Waals surface area contributed by atoms with Crippen LogP contribution in [0.15, 0.2) is 36.4 Å². The quantitative estimate of drug-likeness (QED) is 0.696. The Morgan fingerprint density at radius 1 is 1.00 bits per heavy atom. The van der Waals surface area contributed by atoms with Gasteiger partial charge in [-0.2, -0.15) is 0 Å². The lowest BCUT2D eigenvalue weighted by molar-refractivity contribution is 0.631. The Morgan fingerprint density at radius 3 is 2.47 bits per heavy atom. The van der Waals surface area contributed by atoms with Crippen molar-refractivity contribution in [1.29, 1.82) is 0 Å². The normalized spacial score (nSPS) is 10.2. The predicted molar refractivity (Wildman–Crippen MR) is 69.7 cm³/mol. The lowest BCUT2D eigenvalue weighted by atomic mass is 10.2. The molecule has 17 heavy (non-hydrogen) atoms. The van der Waals surface area contributed by atoms with Gasteiger partial charge in [0.15, 0.2) is 0 Å². The summed E-state index contributed by atoms with van der Waals surface area (Å²) in [4.78, 5) is 0. The summed E-state index contributed by atoms with van der Waals surface area (Å²) in [6, 6.07) is 10.0. The number of nitrogens with two attached hydrogens (primary N) is 2. The fourth-order valence-corrected chi connectivity index (χ4v) is 1.54. The van der Waals surface area contributed by atoms with Gasteiger partial charge in [-0.25, -0.2) is 4.39 Å². The van der Waals surface area contributed by atoms with E-state index in [0.29, 0.717) is 22.7 Å². The van der Waals surface area contributed by atoms with Crippen LogP contribution in [0.1, 0.15) is 5.56 Å². The van der Waals surface area contributed by atoms with Crippen LogP contribution in [0.5, 0.6) is 0 Å². The number of rotatable bonds is 2. The van der Waals surface area contributed by atoms with E-state index in [1.165, 1.54) is 6.07 Å². The van der Waals surface area contributed by atoms with Gasteiger partial charge in [-0.05, 0) is 42.8 Å². The molecule has 0 amide bonds. The van der Waals surface area contributed by atoms with Gasteiger partial charge in [-0.3, -0.25) is 0 Å². The first-order chi connectivity index (χ1) is 8.06. The fraction of sp³-hybridized carbons (Fsp3) is 0.0769. The molecule has 0 aliphatic heterocycles. The van der Waals surface area contributed by atoms with E-state index in [0.717, 1.165) is 5.56 Å². The summed E-state index contributed by atoms with van der Waals surface area (Å²) in [5.41, 5.74) is 14.4. The van der Waals surface area contributed by atoms with Crippen LogP contribution in [0.3, 0.4) is 0 Å². The molecule has 0 aliphatic rings. The zero-order valence-corrected chi connectivity index (χ0v) is 9.50. The van der Waals surface area contributed by atoms with E-state index in [1.54, 1.807) is 30.3 Å². The molecule has 0 unspecified atom stereocenters. The summed E-state index contributed by atoms with van der Waals surface area (Å²) in [6.07, 6.45) is 0. The van der Waals surface area contributed by atoms with E-state index in [1.807, 2.05) is 6.92 Å². The number of aryl methyl sites for hydroxylation is 1. The lowest BCUT2D eigenvalue weighted by Gasteiger charge is -2.10. The highest BCUT2D eigenvalue weighted by Crippen LogP contribution is 2.25. The molecule has 88 valence electrons. The van der Waals surface area contributed by atoms with Crippen LogP contribution >= 0.6 is 0 Å². The molecule has 0 saturated carbocycles. The van der Waals surface area contributed by atoms with Crippen molar-refractivity contribution in [1.82, 2.24) is 0 Å². The number of anilines is 4. The first kappa shape index (κ1) is 11.3. The van der Waals surface area contributed by atoms with Gasteiger partial charge in [0.2, 0.25) is 0 Å². The molecule has 0 spiro atoms. The fourth-order valence-electron chi connectivity index (χ4n) is 1.54. The Labute approximate surface area is 99.2 Å². The highest BCUT2D eigenvalue weighted by Gasteiger charge is 2.03. The minimum atomic E-state index is -0.300. The van der Waals surface area contributed by atoms with Crippen LogP contribution in [0.2, 0.25) is 0 Å². The van der Waals surface area contributed by atoms with Crippen LogP contribution in [0.4, 0.5) is 27.1 Å². The number of hydrogen-bond acceptors (Lipinski definition) is 3. The molecule has 0 aromatic heterocycles. The molecule has 2 aromatic carbocycles. The molecule has 5 N–H and O–H groups in total. The average Bonchev–Trinajstić information content (AvgIpc) is 2.29. The zero-order valence-electron chi connectivity index (χ0n) is 9.50. The molecule has 4 heteroatoms. The van der Waals surface area contributed by atoms with Gasteiger partial charge in [-0.15, -0.1) is 0 Å². The third-order valence-electron chi connectivity index (χ3n) is 2.49. The second-order valence-electron chi connectivity index (χ2n) is 3.95. The smallest absolute Gasteiger partial charge is 0.146 e. The van der Waals surface area contributed by atoms with Crippen LogP contribution in [0.25, 0.3) is 0 Å². The van der Waals surface area contributed by atoms with Crippen molar-refractivity contribution < 1.29 is 4.39 Å². The summed E-state index contributed by atoms with van der Waals surface area (Å²) in [5.74, 6) is -0.300. The van der Waals surface area contributed by atoms with Gasteiger partial charge in [0.25, 0.3) is 0 Å². The summed E-state index contributed by atoms with van der Waals surface area (Å²) >= 11 is 0. The maximum atomic E-state index is 13.5. The van der Waals surface area contributed by atoms with E-state index < -0.39 is 0 Å². The maximum absolute atomic E-state index is 13.5. The molecular formula is C13H14FN3. The van der Waals surface area contributed by atoms with Crippen molar-refractivity contribution >= 4 is 22.7 Å². The van der Waals surface area contributed by atoms with Crippen molar-refractivity contribution in [2.75, 3.05) is 16.8 Å². The summed E-state index contributed by atoms with van der Waals surface area (Å²) in [7, 11) is 0. The molecule has 0 fully saturated rings. The Bertz CT molecular complexity index is 552. The van der Waals surface area contributed by atoms with E-state index in [2.05, 4.69) is 5.32 Å². The Morgan fingerprint density at radius 2 is 1.76 bits per heavy atom. The average molecular weight is 231 g/mol. The third-order valence-corrected chi connectivity index (χ3v) is 2.49. The van der Waals surface area contributed by atoms with Crippen molar-refractivity contribution in [2.24, 2.45) is 0 Å². The van der Waals surface area contributed by atoms with Crippen LogP contribution in [0, 0.1) is 12.7 Å². The first-order valence-electron chi connectivity index (χ1n) is 5.24. The van der Waals surface area contributed by atoms with E-state index in [4.69, 9.17) is 11.5 Å². The number of nitrogens with one attached hydrogen (secondary N) is 1. The Kier molecular flexibility index (Phi) is 2.87. The second-order valence-corrected chi connectivity index (χ2v) is 3.95. The van der Waals surface area contributed by atoms with Gasteiger partial charge in [0.05, 0.1) is 17.1 Å². The minimum absolute atomic E-state index is 0.300. The van der Waals surface area contributed by atoms with E-state index >= 15 is 0 Å². The molecule has 0 heterocycles. The predicted octanol–water partition coefficient (Wildman–Crippen LogP) is 3.04. The zero-order chi connectivity index (χ0) is 12.4. The summed E-state index contributed by atoms with van der Waals surface area (Å²) in [5, 5.41) is 2.97. The number of halogens is 1. The maximum Gasteiger partial charge on any atom is 0.146 e. The number of hydrogen-bond donors (Lipinski definition) is 3. The number of nitrogen functional groups attached to an aromatic ring is 2. The third kappa shape index (κ3) is 2.47. The van der Waals surface area contributed by atoms with Crippen molar-refractivity contribution in [3.8, 4) is 0 Å². The Balaban J connectivity index is 2.31. The lowest BCUT2D eigenvalue weighted by Crippen LogP contribution is -1.98.